The molecule has 10 heteroatoms. The molecule has 0 atom stereocenters. The van der Waals surface area contributed by atoms with Gasteiger partial charge in [-0.15, -0.1) is 24.8 Å². The summed E-state index contributed by atoms with van der Waals surface area (Å²) in [5, 5.41) is 14.7. The van der Waals surface area contributed by atoms with Gasteiger partial charge in [-0.25, -0.2) is 4.68 Å². The minimum Gasteiger partial charge on any atom is -0.378 e. The van der Waals surface area contributed by atoms with Gasteiger partial charge in [-0.3, -0.25) is 20.5 Å². The number of carbonyl (C=O) groups excluding carboxylic acids is 1. The molecule has 3 rings (SSSR count). The predicted octanol–water partition coefficient (Wildman–Crippen LogP) is 2.03. The summed E-state index contributed by atoms with van der Waals surface area (Å²) in [5.74, 6) is -0.926. The maximum atomic E-state index is 12.2. The molecular weight excluding hydrogens is 379 g/mol. The van der Waals surface area contributed by atoms with Crippen molar-refractivity contribution >= 4 is 47.6 Å². The summed E-state index contributed by atoms with van der Waals surface area (Å²) in [7, 11) is 1.54. The molecule has 0 aliphatic heterocycles. The molecule has 2 heterocycles. The number of pyridine rings is 1. The fourth-order valence-corrected chi connectivity index (χ4v) is 2.51. The Morgan fingerprint density at radius 3 is 2.77 bits per heavy atom. The zero-order chi connectivity index (χ0) is 17.1. The number of rotatable bonds is 4. The second-order valence-electron chi connectivity index (χ2n) is 5.06. The smallest absolute Gasteiger partial charge is 0.261 e. The summed E-state index contributed by atoms with van der Waals surface area (Å²) in [6.45, 7) is 0.178. The van der Waals surface area contributed by atoms with Gasteiger partial charge in [0, 0.05) is 18.7 Å². The number of carbonyl (C=O) groups is 1. The van der Waals surface area contributed by atoms with E-state index in [9.17, 15) is 4.79 Å². The molecule has 0 fully saturated rings. The van der Waals surface area contributed by atoms with Crippen molar-refractivity contribution < 1.29 is 9.53 Å². The molecule has 4 N–H and O–H groups in total. The molecule has 26 heavy (non-hydrogen) atoms. The van der Waals surface area contributed by atoms with Gasteiger partial charge in [-0.2, -0.15) is 5.10 Å². The Morgan fingerprint density at radius 1 is 1.31 bits per heavy atom. The van der Waals surface area contributed by atoms with Crippen LogP contribution >= 0.6 is 24.8 Å². The van der Waals surface area contributed by atoms with Crippen LogP contribution in [0.4, 0.5) is 0 Å². The van der Waals surface area contributed by atoms with Crippen LogP contribution in [0.1, 0.15) is 16.1 Å². The number of methoxy groups -OCH3 is 1. The maximum Gasteiger partial charge on any atom is 0.261 e. The standard InChI is InChI=1S/C16H16N6O2.2ClH/c1-24-9-14-11(15(23)21-16(17)18)8-20-22(14)13-6-2-5-12-10(13)4-3-7-19-12;;/h2-8H,9H2,1H3,(H4,17,18,21,23);2*1H. The van der Waals surface area contributed by atoms with E-state index >= 15 is 0 Å². The number of fused-ring (bicyclic) bond motifs is 1. The minimum atomic E-state index is -0.501. The minimum absolute atomic E-state index is 0. The lowest BCUT2D eigenvalue weighted by Gasteiger charge is -2.11. The average molecular weight is 397 g/mol. The van der Waals surface area contributed by atoms with E-state index in [1.807, 2.05) is 30.3 Å². The van der Waals surface area contributed by atoms with Crippen LogP contribution in [-0.2, 0) is 11.3 Å². The van der Waals surface area contributed by atoms with Crippen LogP contribution < -0.4 is 11.1 Å². The Hall–Kier alpha value is -2.68. The van der Waals surface area contributed by atoms with E-state index in [0.717, 1.165) is 16.6 Å². The van der Waals surface area contributed by atoms with Crippen LogP contribution in [0.3, 0.4) is 0 Å². The van der Waals surface area contributed by atoms with Gasteiger partial charge >= 0.3 is 0 Å². The van der Waals surface area contributed by atoms with Crippen molar-refractivity contribution in [2.45, 2.75) is 6.61 Å². The van der Waals surface area contributed by atoms with Crippen molar-refractivity contribution in [3.8, 4) is 5.69 Å². The van der Waals surface area contributed by atoms with Gasteiger partial charge in [0.05, 0.1) is 35.3 Å². The Bertz CT molecular complexity index is 923. The molecule has 3 aromatic rings. The van der Waals surface area contributed by atoms with Crippen LogP contribution in [0, 0.1) is 5.41 Å². The number of nitrogens with two attached hydrogens (primary N) is 1. The van der Waals surface area contributed by atoms with Crippen molar-refractivity contribution in [2.75, 3.05) is 7.11 Å². The molecule has 0 unspecified atom stereocenters. The van der Waals surface area contributed by atoms with E-state index in [1.54, 1.807) is 10.9 Å². The summed E-state index contributed by atoms with van der Waals surface area (Å²) in [6, 6.07) is 9.45. The summed E-state index contributed by atoms with van der Waals surface area (Å²) in [4.78, 5) is 16.5. The zero-order valence-electron chi connectivity index (χ0n) is 13.8. The second kappa shape index (κ2) is 9.14. The van der Waals surface area contributed by atoms with Crippen LogP contribution in [0.15, 0.2) is 42.7 Å². The van der Waals surface area contributed by atoms with Crippen LogP contribution in [0.5, 0.6) is 0 Å². The highest BCUT2D eigenvalue weighted by Gasteiger charge is 2.19. The first kappa shape index (κ1) is 21.4. The molecule has 0 radical (unpaired) electrons. The van der Waals surface area contributed by atoms with Gasteiger partial charge in [-0.1, -0.05) is 6.07 Å². The first-order valence-electron chi connectivity index (χ1n) is 7.17. The third kappa shape index (κ3) is 4.10. The van der Waals surface area contributed by atoms with Gasteiger partial charge in [0.15, 0.2) is 5.96 Å². The van der Waals surface area contributed by atoms with Gasteiger partial charge in [0.25, 0.3) is 5.91 Å². The normalized spacial score (nSPS) is 9.88. The van der Waals surface area contributed by atoms with Gasteiger partial charge in [0.2, 0.25) is 0 Å². The van der Waals surface area contributed by atoms with E-state index < -0.39 is 11.9 Å². The fraction of sp³-hybridized carbons (Fsp3) is 0.125. The number of aromatic nitrogens is 3. The Balaban J connectivity index is 0.00000169. The Kier molecular flexibility index (Phi) is 7.51. The van der Waals surface area contributed by atoms with E-state index in [1.165, 1.54) is 13.3 Å². The number of benzene rings is 1. The molecule has 138 valence electrons. The quantitative estimate of drug-likeness (QED) is 0.460. The summed E-state index contributed by atoms with van der Waals surface area (Å²) in [6.07, 6.45) is 3.15. The molecule has 1 aromatic carbocycles. The Morgan fingerprint density at radius 2 is 2.08 bits per heavy atom. The lowest BCUT2D eigenvalue weighted by Crippen LogP contribution is -2.36. The summed E-state index contributed by atoms with van der Waals surface area (Å²) < 4.78 is 6.86. The Labute approximate surface area is 162 Å². The van der Waals surface area contributed by atoms with Crippen LogP contribution in [-0.4, -0.2) is 33.7 Å². The topological polar surface area (TPSA) is 119 Å². The first-order chi connectivity index (χ1) is 11.6. The first-order valence-corrected chi connectivity index (χ1v) is 7.17. The van der Waals surface area contributed by atoms with Gasteiger partial charge < -0.3 is 10.5 Å². The highest BCUT2D eigenvalue weighted by molar-refractivity contribution is 6.05. The highest BCUT2D eigenvalue weighted by Crippen LogP contribution is 2.23. The molecule has 0 saturated carbocycles. The number of ether oxygens (including phenoxy) is 1. The maximum absolute atomic E-state index is 12.2. The molecule has 0 saturated heterocycles. The van der Waals surface area contributed by atoms with E-state index in [-0.39, 0.29) is 31.4 Å². The summed E-state index contributed by atoms with van der Waals surface area (Å²) >= 11 is 0. The van der Waals surface area contributed by atoms with E-state index in [2.05, 4.69) is 15.4 Å². The molecular formula is C16H18Cl2N6O2. The molecule has 0 aliphatic rings. The number of amides is 1. The lowest BCUT2D eigenvalue weighted by atomic mass is 10.1. The van der Waals surface area contributed by atoms with Crippen molar-refractivity contribution in [2.24, 2.45) is 5.73 Å². The summed E-state index contributed by atoms with van der Waals surface area (Å²) in [5.41, 5.74) is 7.70. The van der Waals surface area contributed by atoms with Crippen molar-refractivity contribution in [3.05, 3.63) is 54.0 Å². The molecule has 0 aliphatic carbocycles. The van der Waals surface area contributed by atoms with Crippen LogP contribution in [0.25, 0.3) is 16.6 Å². The van der Waals surface area contributed by atoms with Crippen molar-refractivity contribution in [1.29, 1.82) is 5.41 Å². The zero-order valence-corrected chi connectivity index (χ0v) is 15.4. The number of hydrogen-bond acceptors (Lipinski definition) is 5. The fourth-order valence-electron chi connectivity index (χ4n) is 2.51. The largest absolute Gasteiger partial charge is 0.378 e. The molecule has 1 amide bonds. The number of nitrogens with one attached hydrogen (secondary N) is 2. The van der Waals surface area contributed by atoms with E-state index in [0.29, 0.717) is 11.3 Å². The number of guanidine groups is 1. The molecule has 2 aromatic heterocycles. The lowest BCUT2D eigenvalue weighted by molar-refractivity contribution is 0.0971. The molecule has 0 spiro atoms. The van der Waals surface area contributed by atoms with Crippen molar-refractivity contribution in [3.63, 3.8) is 0 Å². The van der Waals surface area contributed by atoms with Gasteiger partial charge in [-0.05, 0) is 24.3 Å². The predicted molar refractivity (Wildman–Crippen MR) is 103 cm³/mol. The number of halogens is 2. The third-order valence-corrected chi connectivity index (χ3v) is 3.49. The third-order valence-electron chi connectivity index (χ3n) is 3.49. The SMILES string of the molecule is COCc1c(C(=O)NC(=N)N)cnn1-c1cccc2ncccc12.Cl.Cl. The monoisotopic (exact) mass is 396 g/mol. The number of hydrogen-bond donors (Lipinski definition) is 3. The van der Waals surface area contributed by atoms with Gasteiger partial charge in [0.1, 0.15) is 0 Å². The van der Waals surface area contributed by atoms with E-state index in [4.69, 9.17) is 15.9 Å². The highest BCUT2D eigenvalue weighted by atomic mass is 35.5. The molecule has 0 bridgehead atoms. The second-order valence-corrected chi connectivity index (χ2v) is 5.06. The van der Waals surface area contributed by atoms with Crippen molar-refractivity contribution in [1.82, 2.24) is 20.1 Å². The number of nitrogens with zero attached hydrogens (tertiary/aromatic N) is 3. The molecule has 8 nitrogen and oxygen atoms in total. The average Bonchev–Trinajstić information content (AvgIpc) is 2.98. The van der Waals surface area contributed by atoms with Crippen LogP contribution in [0.2, 0.25) is 0 Å².